The van der Waals surface area contributed by atoms with Crippen LogP contribution in [0.5, 0.6) is 0 Å². The number of aromatic nitrogens is 2. The van der Waals surface area contributed by atoms with Crippen LogP contribution in [-0.4, -0.2) is 21.3 Å². The lowest BCUT2D eigenvalue weighted by atomic mass is 10.2. The highest BCUT2D eigenvalue weighted by atomic mass is 32.2. The van der Waals surface area contributed by atoms with E-state index in [1.165, 1.54) is 5.56 Å². The van der Waals surface area contributed by atoms with E-state index in [4.69, 9.17) is 10.1 Å². The summed E-state index contributed by atoms with van der Waals surface area (Å²) in [5.41, 5.74) is 1.86. The van der Waals surface area contributed by atoms with Gasteiger partial charge in [0.2, 0.25) is 0 Å². The van der Waals surface area contributed by atoms with E-state index in [1.54, 1.807) is 22.4 Å². The molecule has 5 heteroatoms. The summed E-state index contributed by atoms with van der Waals surface area (Å²) in [6, 6.07) is 17.6. The third-order valence-corrected chi connectivity index (χ3v) is 5.07. The normalized spacial score (nSPS) is 12.4. The number of para-hydroxylation sites is 1. The largest absolute Gasteiger partial charge is 0.396 e. The van der Waals surface area contributed by atoms with E-state index >= 15 is 0 Å². The molecule has 0 aliphatic carbocycles. The summed E-state index contributed by atoms with van der Waals surface area (Å²) in [7, 11) is 0. The van der Waals surface area contributed by atoms with Crippen LogP contribution in [0.25, 0.3) is 10.9 Å². The van der Waals surface area contributed by atoms with Gasteiger partial charge in [0, 0.05) is 18.4 Å². The molecule has 0 amide bonds. The van der Waals surface area contributed by atoms with E-state index < -0.39 is 0 Å². The minimum atomic E-state index is -0.0446. The molecule has 1 heterocycles. The zero-order valence-corrected chi connectivity index (χ0v) is 14.4. The van der Waals surface area contributed by atoms with Gasteiger partial charge in [-0.25, -0.2) is 4.98 Å². The maximum absolute atomic E-state index is 12.8. The summed E-state index contributed by atoms with van der Waals surface area (Å²) in [5.74, 6) is 0. The van der Waals surface area contributed by atoms with Crippen LogP contribution in [0.15, 0.2) is 64.5 Å². The van der Waals surface area contributed by atoms with Gasteiger partial charge in [0.1, 0.15) is 0 Å². The number of hydrogen-bond donors (Lipinski definition) is 1. The number of benzene rings is 2. The first-order valence-electron chi connectivity index (χ1n) is 8.02. The first-order valence-corrected chi connectivity index (χ1v) is 8.90. The lowest BCUT2D eigenvalue weighted by molar-refractivity contribution is 0.276. The molecule has 3 aromatic rings. The Morgan fingerprint density at radius 1 is 1.12 bits per heavy atom. The van der Waals surface area contributed by atoms with Gasteiger partial charge in [-0.1, -0.05) is 54.2 Å². The molecule has 0 radical (unpaired) electrons. The predicted molar refractivity (Wildman–Crippen MR) is 98.4 cm³/mol. The van der Waals surface area contributed by atoms with E-state index in [2.05, 4.69) is 19.1 Å². The molecular weight excluding hydrogens is 320 g/mol. The second kappa shape index (κ2) is 7.64. The maximum Gasteiger partial charge on any atom is 0.262 e. The monoisotopic (exact) mass is 340 g/mol. The number of aliphatic hydroxyl groups excluding tert-OH is 1. The lowest BCUT2D eigenvalue weighted by Crippen LogP contribution is -2.24. The van der Waals surface area contributed by atoms with E-state index in [-0.39, 0.29) is 17.4 Å². The van der Waals surface area contributed by atoms with Gasteiger partial charge in [-0.15, -0.1) is 0 Å². The van der Waals surface area contributed by atoms with Crippen LogP contribution in [0.1, 0.15) is 24.2 Å². The minimum Gasteiger partial charge on any atom is -0.396 e. The molecule has 0 spiro atoms. The van der Waals surface area contributed by atoms with Crippen molar-refractivity contribution in [2.24, 2.45) is 0 Å². The van der Waals surface area contributed by atoms with E-state index in [0.717, 1.165) is 0 Å². The molecule has 24 heavy (non-hydrogen) atoms. The van der Waals surface area contributed by atoms with Gasteiger partial charge < -0.3 is 5.11 Å². The minimum absolute atomic E-state index is 0.0446. The van der Waals surface area contributed by atoms with Gasteiger partial charge in [0.15, 0.2) is 5.16 Å². The zero-order chi connectivity index (χ0) is 16.9. The van der Waals surface area contributed by atoms with Gasteiger partial charge in [-0.3, -0.25) is 9.36 Å². The number of hydrogen-bond acceptors (Lipinski definition) is 4. The van der Waals surface area contributed by atoms with Crippen LogP contribution < -0.4 is 5.56 Å². The summed E-state index contributed by atoms with van der Waals surface area (Å²) in [5, 5.41) is 10.6. The Labute approximate surface area is 145 Å². The topological polar surface area (TPSA) is 55.1 Å². The average molecular weight is 340 g/mol. The summed E-state index contributed by atoms with van der Waals surface area (Å²) in [6.45, 7) is 2.63. The van der Waals surface area contributed by atoms with Crippen molar-refractivity contribution in [1.29, 1.82) is 0 Å². The molecule has 1 atom stereocenters. The summed E-state index contributed by atoms with van der Waals surface area (Å²) < 4.78 is 1.68. The summed E-state index contributed by atoms with van der Waals surface area (Å²) in [4.78, 5) is 17.5. The van der Waals surface area contributed by atoms with Crippen molar-refractivity contribution in [3.05, 3.63) is 70.5 Å². The third kappa shape index (κ3) is 3.52. The Morgan fingerprint density at radius 2 is 1.83 bits per heavy atom. The molecule has 1 N–H and O–H groups in total. The van der Waals surface area contributed by atoms with Crippen molar-refractivity contribution in [3.8, 4) is 0 Å². The highest BCUT2D eigenvalue weighted by Crippen LogP contribution is 2.33. The fourth-order valence-corrected chi connectivity index (χ4v) is 3.68. The molecule has 0 fully saturated rings. The molecule has 1 aromatic heterocycles. The third-order valence-electron chi connectivity index (χ3n) is 3.92. The summed E-state index contributed by atoms with van der Waals surface area (Å²) in [6.07, 6.45) is 0.535. The Balaban J connectivity index is 2.03. The van der Waals surface area contributed by atoms with Crippen LogP contribution in [0.4, 0.5) is 0 Å². The van der Waals surface area contributed by atoms with Crippen molar-refractivity contribution in [2.45, 2.75) is 30.3 Å². The van der Waals surface area contributed by atoms with Crippen molar-refractivity contribution in [1.82, 2.24) is 9.55 Å². The van der Waals surface area contributed by atoms with Crippen LogP contribution in [0, 0.1) is 0 Å². The van der Waals surface area contributed by atoms with Gasteiger partial charge in [0.05, 0.1) is 10.9 Å². The number of aliphatic hydroxyl groups is 1. The van der Waals surface area contributed by atoms with E-state index in [9.17, 15) is 4.79 Å². The quantitative estimate of drug-likeness (QED) is 0.550. The van der Waals surface area contributed by atoms with Crippen LogP contribution >= 0.6 is 11.8 Å². The maximum atomic E-state index is 12.8. The predicted octanol–water partition coefficient (Wildman–Crippen LogP) is 3.63. The zero-order valence-electron chi connectivity index (χ0n) is 13.6. The Hall–Kier alpha value is -2.11. The average Bonchev–Trinajstić information content (AvgIpc) is 2.62. The number of rotatable bonds is 6. The number of fused-ring (bicyclic) bond motifs is 1. The molecule has 0 saturated carbocycles. The van der Waals surface area contributed by atoms with Gasteiger partial charge in [-0.05, 0) is 31.0 Å². The first-order chi connectivity index (χ1) is 11.7. The molecule has 0 bridgehead atoms. The fraction of sp³-hybridized carbons (Fsp3) is 0.263. The van der Waals surface area contributed by atoms with Crippen LogP contribution in [0.2, 0.25) is 0 Å². The SMILES string of the molecule is C[C@H](Sc1nc2ccccc2c(=O)n1CCCO)c1ccccc1. The number of nitrogens with zero attached hydrogens (tertiary/aromatic N) is 2. The highest BCUT2D eigenvalue weighted by molar-refractivity contribution is 7.99. The second-order valence-corrected chi connectivity index (χ2v) is 6.92. The molecular formula is C19H20N2O2S. The standard InChI is InChI=1S/C19H20N2O2S/c1-14(15-8-3-2-4-9-15)24-19-20-17-11-6-5-10-16(17)18(23)21(19)12-7-13-22/h2-6,8-11,14,22H,7,12-13H2,1H3/t14-/m0/s1. The smallest absolute Gasteiger partial charge is 0.262 e. The van der Waals surface area contributed by atoms with Gasteiger partial charge in [-0.2, -0.15) is 0 Å². The lowest BCUT2D eigenvalue weighted by Gasteiger charge is -2.16. The highest BCUT2D eigenvalue weighted by Gasteiger charge is 2.15. The summed E-state index contributed by atoms with van der Waals surface area (Å²) >= 11 is 1.57. The molecule has 0 unspecified atom stereocenters. The molecule has 124 valence electrons. The fourth-order valence-electron chi connectivity index (χ4n) is 2.61. The molecule has 2 aromatic carbocycles. The first kappa shape index (κ1) is 16.7. The second-order valence-electron chi connectivity index (χ2n) is 5.62. The van der Waals surface area contributed by atoms with E-state index in [0.29, 0.717) is 29.0 Å². The van der Waals surface area contributed by atoms with Crippen molar-refractivity contribution in [3.63, 3.8) is 0 Å². The Bertz CT molecular complexity index is 877. The Kier molecular flexibility index (Phi) is 5.33. The number of thioether (sulfide) groups is 1. The van der Waals surface area contributed by atoms with Crippen molar-refractivity contribution in [2.75, 3.05) is 6.61 Å². The van der Waals surface area contributed by atoms with Crippen molar-refractivity contribution >= 4 is 22.7 Å². The molecule has 4 nitrogen and oxygen atoms in total. The van der Waals surface area contributed by atoms with E-state index in [1.807, 2.05) is 36.4 Å². The molecule has 0 aliphatic heterocycles. The van der Waals surface area contributed by atoms with Crippen LogP contribution in [-0.2, 0) is 6.54 Å². The van der Waals surface area contributed by atoms with Gasteiger partial charge >= 0.3 is 0 Å². The van der Waals surface area contributed by atoms with Crippen LogP contribution in [0.3, 0.4) is 0 Å². The molecule has 3 rings (SSSR count). The molecule has 0 aliphatic rings. The van der Waals surface area contributed by atoms with Gasteiger partial charge in [0.25, 0.3) is 5.56 Å². The van der Waals surface area contributed by atoms with Crippen molar-refractivity contribution < 1.29 is 5.11 Å². The Morgan fingerprint density at radius 3 is 2.58 bits per heavy atom. The molecule has 0 saturated heterocycles.